The number of hydrogen-bond acceptors (Lipinski definition) is 1. The number of allylic oxidation sites excluding steroid dienone is 1. The minimum atomic E-state index is 0.599. The van der Waals surface area contributed by atoms with E-state index in [0.29, 0.717) is 5.92 Å². The van der Waals surface area contributed by atoms with Crippen LogP contribution in [0.4, 0.5) is 0 Å². The monoisotopic (exact) mass is 301 g/mol. The molecule has 0 amide bonds. The van der Waals surface area contributed by atoms with Crippen LogP contribution in [0.2, 0.25) is 0 Å². The number of halogens is 1. The lowest BCUT2D eigenvalue weighted by Crippen LogP contribution is -2.20. The third-order valence-corrected chi connectivity index (χ3v) is 4.05. The molecule has 17 heavy (non-hydrogen) atoms. The predicted molar refractivity (Wildman–Crippen MR) is 82.3 cm³/mol. The third kappa shape index (κ3) is 8.48. The molecule has 0 radical (unpaired) electrons. The Balaban J connectivity index is 4.08. The Labute approximate surface area is 116 Å². The molecule has 0 aliphatic rings. The summed E-state index contributed by atoms with van der Waals surface area (Å²) in [6.45, 7) is 11.8. The SMILES string of the molecule is C=CC(CCC(C)CC)CN(C)/C=C(/Br)CC. The van der Waals surface area contributed by atoms with Crippen LogP contribution in [0.5, 0.6) is 0 Å². The molecule has 0 N–H and O–H groups in total. The number of nitrogens with zero attached hydrogens (tertiary/aromatic N) is 1. The largest absolute Gasteiger partial charge is 0.379 e. The second-order valence-electron chi connectivity index (χ2n) is 4.96. The Kier molecular flexibility index (Phi) is 9.62. The zero-order valence-electron chi connectivity index (χ0n) is 11.9. The second kappa shape index (κ2) is 9.76. The first-order valence-electron chi connectivity index (χ1n) is 6.72. The molecule has 0 rings (SSSR count). The van der Waals surface area contributed by atoms with E-state index in [1.807, 2.05) is 0 Å². The molecule has 0 aromatic heterocycles. The average Bonchev–Trinajstić information content (AvgIpc) is 2.33. The standard InChI is InChI=1S/C15H28BrN/c1-6-13(4)9-10-14(7-2)11-17(5)12-15(16)8-3/h7,12-14H,2,6,8-11H2,1,3-5H3/b15-12+. The molecule has 0 saturated heterocycles. The first-order chi connectivity index (χ1) is 8.03. The van der Waals surface area contributed by atoms with E-state index in [4.69, 9.17) is 0 Å². The van der Waals surface area contributed by atoms with Gasteiger partial charge in [0.15, 0.2) is 0 Å². The zero-order valence-corrected chi connectivity index (χ0v) is 13.5. The molecule has 0 aromatic rings. The summed E-state index contributed by atoms with van der Waals surface area (Å²) in [6.07, 6.45) is 9.17. The fourth-order valence-corrected chi connectivity index (χ4v) is 2.09. The van der Waals surface area contributed by atoms with Gasteiger partial charge in [-0.05, 0) is 24.7 Å². The highest BCUT2D eigenvalue weighted by Gasteiger charge is 2.08. The Morgan fingerprint density at radius 1 is 1.35 bits per heavy atom. The summed E-state index contributed by atoms with van der Waals surface area (Å²) in [5.41, 5.74) is 0. The summed E-state index contributed by atoms with van der Waals surface area (Å²) in [7, 11) is 2.14. The molecular weight excluding hydrogens is 274 g/mol. The lowest BCUT2D eigenvalue weighted by Gasteiger charge is -2.22. The van der Waals surface area contributed by atoms with E-state index < -0.39 is 0 Å². The van der Waals surface area contributed by atoms with Crippen molar-refractivity contribution in [2.24, 2.45) is 11.8 Å². The van der Waals surface area contributed by atoms with Crippen molar-refractivity contribution in [3.63, 3.8) is 0 Å². The minimum Gasteiger partial charge on any atom is -0.379 e. The Hall–Kier alpha value is -0.240. The predicted octanol–water partition coefficient (Wildman–Crippen LogP) is 5.19. The van der Waals surface area contributed by atoms with Gasteiger partial charge in [0.2, 0.25) is 0 Å². The summed E-state index contributed by atoms with van der Waals surface area (Å²) in [4.78, 5) is 2.26. The lowest BCUT2D eigenvalue weighted by atomic mass is 9.95. The molecule has 0 saturated carbocycles. The van der Waals surface area contributed by atoms with Crippen LogP contribution < -0.4 is 0 Å². The highest BCUT2D eigenvalue weighted by molar-refractivity contribution is 9.11. The summed E-state index contributed by atoms with van der Waals surface area (Å²) in [5.74, 6) is 1.43. The van der Waals surface area contributed by atoms with Gasteiger partial charge < -0.3 is 4.90 Å². The van der Waals surface area contributed by atoms with Crippen LogP contribution in [0.25, 0.3) is 0 Å². The van der Waals surface area contributed by atoms with Crippen molar-refractivity contribution in [2.75, 3.05) is 13.6 Å². The van der Waals surface area contributed by atoms with E-state index in [1.54, 1.807) is 0 Å². The van der Waals surface area contributed by atoms with Crippen LogP contribution in [0.15, 0.2) is 23.3 Å². The fourth-order valence-electron chi connectivity index (χ4n) is 1.74. The van der Waals surface area contributed by atoms with Crippen molar-refractivity contribution >= 4 is 15.9 Å². The van der Waals surface area contributed by atoms with Gasteiger partial charge in [0.1, 0.15) is 0 Å². The van der Waals surface area contributed by atoms with Crippen molar-refractivity contribution in [3.8, 4) is 0 Å². The minimum absolute atomic E-state index is 0.599. The normalized spacial score (nSPS) is 15.5. The Morgan fingerprint density at radius 3 is 2.47 bits per heavy atom. The topological polar surface area (TPSA) is 3.24 Å². The number of hydrogen-bond donors (Lipinski definition) is 0. The molecule has 100 valence electrons. The molecule has 0 aliphatic heterocycles. The molecular formula is C15H28BrN. The smallest absolute Gasteiger partial charge is 0.0232 e. The van der Waals surface area contributed by atoms with Crippen molar-refractivity contribution in [1.29, 1.82) is 0 Å². The maximum atomic E-state index is 3.96. The molecule has 0 fully saturated rings. The molecule has 0 aliphatic carbocycles. The maximum Gasteiger partial charge on any atom is 0.0232 e. The molecule has 2 heteroatoms. The quantitative estimate of drug-likeness (QED) is 0.530. The van der Waals surface area contributed by atoms with Crippen LogP contribution in [0, 0.1) is 11.8 Å². The van der Waals surface area contributed by atoms with Gasteiger partial charge >= 0.3 is 0 Å². The van der Waals surface area contributed by atoms with Gasteiger partial charge in [-0.3, -0.25) is 0 Å². The first-order valence-corrected chi connectivity index (χ1v) is 7.51. The van der Waals surface area contributed by atoms with E-state index >= 15 is 0 Å². The molecule has 1 nitrogen and oxygen atoms in total. The van der Waals surface area contributed by atoms with E-state index in [1.165, 1.54) is 23.7 Å². The zero-order chi connectivity index (χ0) is 13.3. The first kappa shape index (κ1) is 16.8. The van der Waals surface area contributed by atoms with Crippen LogP contribution in [0.3, 0.4) is 0 Å². The molecule has 0 aromatic carbocycles. The third-order valence-electron chi connectivity index (χ3n) is 3.28. The van der Waals surface area contributed by atoms with Gasteiger partial charge in [-0.15, -0.1) is 6.58 Å². The van der Waals surface area contributed by atoms with Crippen LogP contribution in [-0.4, -0.2) is 18.5 Å². The average molecular weight is 302 g/mol. The second-order valence-corrected chi connectivity index (χ2v) is 5.97. The highest BCUT2D eigenvalue weighted by atomic mass is 79.9. The van der Waals surface area contributed by atoms with Crippen LogP contribution >= 0.6 is 15.9 Å². The van der Waals surface area contributed by atoms with E-state index in [-0.39, 0.29) is 0 Å². The summed E-state index contributed by atoms with van der Waals surface area (Å²) < 4.78 is 1.25. The Bertz CT molecular complexity index is 235. The van der Waals surface area contributed by atoms with Gasteiger partial charge in [-0.1, -0.05) is 55.6 Å². The summed E-state index contributed by atoms with van der Waals surface area (Å²) in [6, 6.07) is 0. The van der Waals surface area contributed by atoms with Gasteiger partial charge in [0, 0.05) is 24.3 Å². The fraction of sp³-hybridized carbons (Fsp3) is 0.733. The maximum absolute atomic E-state index is 3.96. The molecule has 0 bridgehead atoms. The van der Waals surface area contributed by atoms with Crippen LogP contribution in [0.1, 0.15) is 46.5 Å². The van der Waals surface area contributed by atoms with Crippen molar-refractivity contribution in [1.82, 2.24) is 4.90 Å². The lowest BCUT2D eigenvalue weighted by molar-refractivity contribution is 0.355. The van der Waals surface area contributed by atoms with Crippen LogP contribution in [-0.2, 0) is 0 Å². The van der Waals surface area contributed by atoms with Gasteiger partial charge in [0.05, 0.1) is 0 Å². The number of rotatable bonds is 9. The van der Waals surface area contributed by atoms with Crippen molar-refractivity contribution in [2.45, 2.75) is 46.5 Å². The van der Waals surface area contributed by atoms with Crippen molar-refractivity contribution < 1.29 is 0 Å². The summed E-state index contributed by atoms with van der Waals surface area (Å²) in [5, 5.41) is 0. The molecule has 2 atom stereocenters. The summed E-state index contributed by atoms with van der Waals surface area (Å²) >= 11 is 3.56. The van der Waals surface area contributed by atoms with E-state index in [9.17, 15) is 0 Å². The van der Waals surface area contributed by atoms with Gasteiger partial charge in [-0.2, -0.15) is 0 Å². The molecule has 0 heterocycles. The Morgan fingerprint density at radius 2 is 2.00 bits per heavy atom. The molecule has 0 spiro atoms. The highest BCUT2D eigenvalue weighted by Crippen LogP contribution is 2.18. The molecule has 2 unspecified atom stereocenters. The van der Waals surface area contributed by atoms with Gasteiger partial charge in [-0.25, -0.2) is 0 Å². The van der Waals surface area contributed by atoms with Gasteiger partial charge in [0.25, 0.3) is 0 Å². The van der Waals surface area contributed by atoms with E-state index in [2.05, 4.69) is 67.5 Å². The van der Waals surface area contributed by atoms with E-state index in [0.717, 1.165) is 18.9 Å². The van der Waals surface area contributed by atoms with Crippen molar-refractivity contribution in [3.05, 3.63) is 23.3 Å².